The number of benzene rings is 2. The van der Waals surface area contributed by atoms with Crippen LogP contribution in [0.5, 0.6) is 0 Å². The molecule has 2 aliphatic heterocycles. The van der Waals surface area contributed by atoms with Gasteiger partial charge in [0.2, 0.25) is 0 Å². The van der Waals surface area contributed by atoms with Crippen molar-refractivity contribution in [3.63, 3.8) is 0 Å². The number of fused-ring (bicyclic) bond motifs is 1. The molecule has 0 saturated heterocycles. The van der Waals surface area contributed by atoms with Crippen molar-refractivity contribution in [2.75, 3.05) is 23.0 Å². The standard InChI is InChI=1S/C21H24ClN3/c1-16-18(15-25(23-16)21-11-5-3-9-19(21)22)8-6-13-24-14-12-17-7-2-4-10-20(17)24/h2-5,7,9-11,15-16,23H,6,8,12-14H2,1H3. The second kappa shape index (κ2) is 7.11. The van der Waals surface area contributed by atoms with Gasteiger partial charge in [0.05, 0.1) is 10.7 Å². The van der Waals surface area contributed by atoms with Gasteiger partial charge >= 0.3 is 0 Å². The van der Waals surface area contributed by atoms with E-state index in [1.165, 1.54) is 29.7 Å². The number of halogens is 1. The van der Waals surface area contributed by atoms with Gasteiger partial charge in [0.1, 0.15) is 0 Å². The van der Waals surface area contributed by atoms with Gasteiger partial charge in [-0.1, -0.05) is 41.9 Å². The van der Waals surface area contributed by atoms with Crippen LogP contribution in [0.1, 0.15) is 25.3 Å². The molecule has 1 N–H and O–H groups in total. The number of para-hydroxylation sites is 2. The van der Waals surface area contributed by atoms with Crippen molar-refractivity contribution in [1.82, 2.24) is 5.43 Å². The third kappa shape index (κ3) is 3.39. The third-order valence-electron chi connectivity index (χ3n) is 5.17. The fraction of sp³-hybridized carbons (Fsp3) is 0.333. The van der Waals surface area contributed by atoms with Crippen molar-refractivity contribution >= 4 is 23.0 Å². The van der Waals surface area contributed by atoms with Crippen LogP contribution < -0.4 is 15.3 Å². The van der Waals surface area contributed by atoms with Crippen molar-refractivity contribution < 1.29 is 0 Å². The molecular weight excluding hydrogens is 330 g/mol. The van der Waals surface area contributed by atoms with E-state index in [0.29, 0.717) is 6.04 Å². The minimum Gasteiger partial charge on any atom is -0.371 e. The Bertz CT molecular complexity index is 786. The molecular formula is C21H24ClN3. The number of hydrazine groups is 1. The quantitative estimate of drug-likeness (QED) is 0.834. The van der Waals surface area contributed by atoms with Crippen molar-refractivity contribution in [2.45, 2.75) is 32.2 Å². The highest BCUT2D eigenvalue weighted by Crippen LogP contribution is 2.30. The van der Waals surface area contributed by atoms with Crippen LogP contribution in [0.4, 0.5) is 11.4 Å². The number of hydrogen-bond donors (Lipinski definition) is 1. The van der Waals surface area contributed by atoms with Crippen LogP contribution in [-0.4, -0.2) is 19.1 Å². The molecule has 3 nitrogen and oxygen atoms in total. The van der Waals surface area contributed by atoms with E-state index in [1.807, 2.05) is 24.3 Å². The minimum atomic E-state index is 0.349. The summed E-state index contributed by atoms with van der Waals surface area (Å²) < 4.78 is 0. The first-order valence-corrected chi connectivity index (χ1v) is 9.43. The van der Waals surface area contributed by atoms with Crippen molar-refractivity contribution in [1.29, 1.82) is 0 Å². The molecule has 130 valence electrons. The van der Waals surface area contributed by atoms with Gasteiger partial charge in [0, 0.05) is 31.0 Å². The van der Waals surface area contributed by atoms with Gasteiger partial charge in [-0.15, -0.1) is 0 Å². The van der Waals surface area contributed by atoms with Gasteiger partial charge in [-0.25, -0.2) is 5.43 Å². The zero-order valence-electron chi connectivity index (χ0n) is 14.6. The summed E-state index contributed by atoms with van der Waals surface area (Å²) in [6.07, 6.45) is 5.66. The summed E-state index contributed by atoms with van der Waals surface area (Å²) in [6, 6.07) is 17.1. The highest BCUT2D eigenvalue weighted by Gasteiger charge is 2.23. The molecule has 0 amide bonds. The number of rotatable bonds is 5. The molecule has 4 rings (SSSR count). The first-order chi connectivity index (χ1) is 12.2. The summed E-state index contributed by atoms with van der Waals surface area (Å²) in [5.74, 6) is 0. The molecule has 25 heavy (non-hydrogen) atoms. The summed E-state index contributed by atoms with van der Waals surface area (Å²) in [5.41, 5.74) is 8.86. The smallest absolute Gasteiger partial charge is 0.0757 e. The molecule has 0 fully saturated rings. The van der Waals surface area contributed by atoms with Crippen molar-refractivity contribution in [3.8, 4) is 0 Å². The normalized spacial score (nSPS) is 19.3. The van der Waals surface area contributed by atoms with Crippen LogP contribution in [0.2, 0.25) is 5.02 Å². The van der Waals surface area contributed by atoms with Gasteiger partial charge in [-0.3, -0.25) is 5.01 Å². The number of nitrogens with zero attached hydrogens (tertiary/aromatic N) is 2. The molecule has 2 aromatic carbocycles. The summed E-state index contributed by atoms with van der Waals surface area (Å²) in [7, 11) is 0. The van der Waals surface area contributed by atoms with Crippen molar-refractivity contribution in [2.24, 2.45) is 0 Å². The molecule has 0 saturated carbocycles. The van der Waals surface area contributed by atoms with Crippen LogP contribution in [0, 0.1) is 0 Å². The van der Waals surface area contributed by atoms with E-state index in [-0.39, 0.29) is 0 Å². The van der Waals surface area contributed by atoms with Crippen molar-refractivity contribution in [3.05, 3.63) is 70.9 Å². The maximum Gasteiger partial charge on any atom is 0.0757 e. The lowest BCUT2D eigenvalue weighted by atomic mass is 10.1. The average Bonchev–Trinajstić information content (AvgIpc) is 3.20. The number of hydrogen-bond acceptors (Lipinski definition) is 3. The molecule has 4 heteroatoms. The van der Waals surface area contributed by atoms with E-state index in [2.05, 4.69) is 52.7 Å². The maximum atomic E-state index is 6.32. The fourth-order valence-corrected chi connectivity index (χ4v) is 4.01. The highest BCUT2D eigenvalue weighted by molar-refractivity contribution is 6.33. The second-order valence-electron chi connectivity index (χ2n) is 6.85. The maximum absolute atomic E-state index is 6.32. The largest absolute Gasteiger partial charge is 0.371 e. The van der Waals surface area contributed by atoms with Crippen LogP contribution in [0.15, 0.2) is 60.3 Å². The van der Waals surface area contributed by atoms with Crippen LogP contribution in [0.25, 0.3) is 0 Å². The Labute approximate surface area is 154 Å². The van der Waals surface area contributed by atoms with Crippen LogP contribution in [0.3, 0.4) is 0 Å². The SMILES string of the molecule is CC1NN(c2ccccc2Cl)C=C1CCCN1CCc2ccccc21. The zero-order valence-corrected chi connectivity index (χ0v) is 15.3. The Hall–Kier alpha value is -1.97. The first kappa shape index (κ1) is 16.5. The predicted octanol–water partition coefficient (Wildman–Crippen LogP) is 4.78. The first-order valence-electron chi connectivity index (χ1n) is 9.06. The van der Waals surface area contributed by atoms with E-state index >= 15 is 0 Å². The van der Waals surface area contributed by atoms with E-state index in [0.717, 1.165) is 30.2 Å². The minimum absolute atomic E-state index is 0.349. The molecule has 0 aromatic heterocycles. The predicted molar refractivity (Wildman–Crippen MR) is 106 cm³/mol. The monoisotopic (exact) mass is 353 g/mol. The van der Waals surface area contributed by atoms with Gasteiger partial charge in [-0.05, 0) is 55.5 Å². The molecule has 2 heterocycles. The van der Waals surface area contributed by atoms with Gasteiger partial charge in [0.15, 0.2) is 0 Å². The van der Waals surface area contributed by atoms with Crippen LogP contribution >= 0.6 is 11.6 Å². The summed E-state index contributed by atoms with van der Waals surface area (Å²) in [6.45, 7) is 4.49. The molecule has 0 spiro atoms. The fourth-order valence-electron chi connectivity index (χ4n) is 3.79. The molecule has 0 bridgehead atoms. The molecule has 0 aliphatic carbocycles. The van der Waals surface area contributed by atoms with E-state index in [4.69, 9.17) is 11.6 Å². The zero-order chi connectivity index (χ0) is 17.2. The number of anilines is 2. The Balaban J connectivity index is 1.37. The highest BCUT2D eigenvalue weighted by atomic mass is 35.5. The lowest BCUT2D eigenvalue weighted by molar-refractivity contribution is 0.635. The molecule has 0 radical (unpaired) electrons. The topological polar surface area (TPSA) is 18.5 Å². The Morgan fingerprint density at radius 2 is 1.84 bits per heavy atom. The Morgan fingerprint density at radius 3 is 2.68 bits per heavy atom. The second-order valence-corrected chi connectivity index (χ2v) is 7.25. The summed E-state index contributed by atoms with van der Waals surface area (Å²) in [5, 5.41) is 2.83. The van der Waals surface area contributed by atoms with Gasteiger partial charge in [-0.2, -0.15) is 0 Å². The molecule has 1 atom stereocenters. The lowest BCUT2D eigenvalue weighted by Crippen LogP contribution is -2.34. The van der Waals surface area contributed by atoms with Crippen LogP contribution in [-0.2, 0) is 6.42 Å². The number of nitrogens with one attached hydrogen (secondary N) is 1. The Morgan fingerprint density at radius 1 is 1.08 bits per heavy atom. The van der Waals surface area contributed by atoms with E-state index < -0.39 is 0 Å². The summed E-state index contributed by atoms with van der Waals surface area (Å²) >= 11 is 6.32. The van der Waals surface area contributed by atoms with Gasteiger partial charge in [0.25, 0.3) is 0 Å². The Kier molecular flexibility index (Phi) is 4.69. The summed E-state index contributed by atoms with van der Waals surface area (Å²) in [4.78, 5) is 2.52. The molecule has 1 unspecified atom stereocenters. The lowest BCUT2D eigenvalue weighted by Gasteiger charge is -2.20. The average molecular weight is 354 g/mol. The van der Waals surface area contributed by atoms with Gasteiger partial charge < -0.3 is 4.90 Å². The third-order valence-corrected chi connectivity index (χ3v) is 5.49. The molecule has 2 aliphatic rings. The van der Waals surface area contributed by atoms with E-state index in [1.54, 1.807) is 0 Å². The van der Waals surface area contributed by atoms with E-state index in [9.17, 15) is 0 Å². The molecule has 2 aromatic rings.